The molecule has 3 aliphatic heterocycles. The van der Waals surface area contributed by atoms with E-state index in [9.17, 15) is 39.3 Å². The zero-order valence-electron chi connectivity index (χ0n) is 42.4. The first-order valence-corrected chi connectivity index (χ1v) is 25.0. The molecule has 1 amide bonds. The van der Waals surface area contributed by atoms with Gasteiger partial charge in [0.2, 0.25) is 5.78 Å². The fraction of sp³-hybridized carbons (Fsp3) is 0.755. The number of carbonyl (C=O) groups is 5. The van der Waals surface area contributed by atoms with Crippen LogP contribution in [0.25, 0.3) is 0 Å². The van der Waals surface area contributed by atoms with E-state index in [0.717, 1.165) is 12.0 Å². The van der Waals surface area contributed by atoms with Gasteiger partial charge in [0.15, 0.2) is 5.78 Å². The smallest absolute Gasteiger partial charge is 0.329 e. The zero-order valence-corrected chi connectivity index (χ0v) is 42.4. The number of rotatable bonds is 9. The monoisotopic (exact) mass is 958 g/mol. The Morgan fingerprint density at radius 2 is 1.57 bits per heavy atom. The van der Waals surface area contributed by atoms with E-state index >= 15 is 0 Å². The van der Waals surface area contributed by atoms with E-state index < -0.39 is 77.8 Å². The maximum absolute atomic E-state index is 14.7. The molecule has 1 aliphatic carbocycles. The Bertz CT molecular complexity index is 1810. The third-order valence-corrected chi connectivity index (χ3v) is 14.8. The standard InChI is InChI=1S/C53H83NO14/c1-32-16-12-11-13-17-33(2)44(63-8)30-40-21-19-34(3)50(59)53(62,68-40)52(61)54-23-15-14-18-41(54)51(60)67-45(36(5)28-39-20-22-43(66-25-24-55)46(29-39)64-9)31-42(56)35(4)27-38(7)48(58)49(65-10)47(57)37(6)26-32/h11-13,16-17,27,32,34-37,39-41,43-46,48-49,55,58,62H,14-15,18-26,28-31H2,1-10H3. The summed E-state index contributed by atoms with van der Waals surface area (Å²) in [5, 5.41) is 33.0. The van der Waals surface area contributed by atoms with Gasteiger partial charge in [-0.2, -0.15) is 0 Å². The van der Waals surface area contributed by atoms with Crippen molar-refractivity contribution in [3.05, 3.63) is 47.6 Å². The van der Waals surface area contributed by atoms with Crippen molar-refractivity contribution in [1.82, 2.24) is 4.90 Å². The molecule has 15 unspecified atom stereocenters. The number of Topliss-reactive ketones (excluding diaryl/α,β-unsaturated/α-hetero) is 3. The van der Waals surface area contributed by atoms with Crippen molar-refractivity contribution >= 4 is 29.2 Å². The summed E-state index contributed by atoms with van der Waals surface area (Å²) < 4.78 is 35.7. The highest BCUT2D eigenvalue weighted by atomic mass is 16.6. The molecule has 1 saturated carbocycles. The number of ether oxygens (including phenoxy) is 6. The van der Waals surface area contributed by atoms with E-state index in [1.54, 1.807) is 41.1 Å². The lowest BCUT2D eigenvalue weighted by Crippen LogP contribution is -2.62. The lowest BCUT2D eigenvalue weighted by atomic mass is 9.78. The van der Waals surface area contributed by atoms with Crippen LogP contribution in [0.2, 0.25) is 0 Å². The van der Waals surface area contributed by atoms with E-state index in [1.165, 1.54) is 12.0 Å². The Hall–Kier alpha value is -3.41. The van der Waals surface area contributed by atoms with Gasteiger partial charge in [0.1, 0.15) is 30.1 Å². The van der Waals surface area contributed by atoms with E-state index in [4.69, 9.17) is 28.4 Å². The second-order valence-corrected chi connectivity index (χ2v) is 20.1. The Morgan fingerprint density at radius 3 is 2.25 bits per heavy atom. The Balaban J connectivity index is 1.73. The van der Waals surface area contributed by atoms with Crippen molar-refractivity contribution < 1.29 is 67.7 Å². The number of piperidine rings is 1. The summed E-state index contributed by atoms with van der Waals surface area (Å²) in [6, 6.07) is -1.16. The topological polar surface area (TPSA) is 205 Å². The number of ketones is 3. The Morgan fingerprint density at radius 1 is 0.838 bits per heavy atom. The molecule has 2 bridgehead atoms. The molecule has 0 radical (unpaired) electrons. The summed E-state index contributed by atoms with van der Waals surface area (Å²) in [4.78, 5) is 72.5. The highest BCUT2D eigenvalue weighted by molar-refractivity contribution is 6.09. The van der Waals surface area contributed by atoms with Crippen molar-refractivity contribution in [2.45, 2.75) is 180 Å². The maximum atomic E-state index is 14.7. The quantitative estimate of drug-likeness (QED) is 0.134. The van der Waals surface area contributed by atoms with E-state index in [1.807, 2.05) is 58.1 Å². The molecule has 4 aliphatic rings. The molecule has 2 saturated heterocycles. The molecule has 15 heteroatoms. The zero-order chi connectivity index (χ0) is 50.3. The summed E-state index contributed by atoms with van der Waals surface area (Å²) >= 11 is 0. The molecule has 0 aromatic rings. The van der Waals surface area contributed by atoms with E-state index in [2.05, 4.69) is 0 Å². The normalized spacial score (nSPS) is 36.7. The van der Waals surface area contributed by atoms with Crippen LogP contribution >= 0.6 is 0 Å². The first-order chi connectivity index (χ1) is 32.3. The molecule has 0 spiro atoms. The summed E-state index contributed by atoms with van der Waals surface area (Å²) in [5.41, 5.74) is 1.24. The number of amides is 1. The molecule has 384 valence electrons. The van der Waals surface area contributed by atoms with Crippen LogP contribution in [0.3, 0.4) is 0 Å². The van der Waals surface area contributed by atoms with Gasteiger partial charge in [-0.25, -0.2) is 4.79 Å². The van der Waals surface area contributed by atoms with E-state index in [0.29, 0.717) is 56.9 Å². The van der Waals surface area contributed by atoms with Crippen LogP contribution in [-0.2, 0) is 52.4 Å². The predicted octanol–water partition coefficient (Wildman–Crippen LogP) is 6.20. The molecule has 68 heavy (non-hydrogen) atoms. The number of aliphatic hydroxyl groups excluding tert-OH is 2. The lowest BCUT2D eigenvalue weighted by Gasteiger charge is -2.40. The highest BCUT2D eigenvalue weighted by Gasteiger charge is 2.55. The Labute approximate surface area is 405 Å². The second-order valence-electron chi connectivity index (χ2n) is 20.1. The first-order valence-electron chi connectivity index (χ1n) is 25.0. The number of methoxy groups -OCH3 is 3. The van der Waals surface area contributed by atoms with Crippen LogP contribution in [0, 0.1) is 35.5 Å². The van der Waals surface area contributed by atoms with Gasteiger partial charge in [-0.05, 0) is 107 Å². The van der Waals surface area contributed by atoms with Gasteiger partial charge in [-0.15, -0.1) is 0 Å². The number of carbonyl (C=O) groups excluding carboxylic acids is 5. The summed E-state index contributed by atoms with van der Waals surface area (Å²) in [5.74, 6) is -8.02. The average molecular weight is 958 g/mol. The minimum atomic E-state index is -2.86. The minimum absolute atomic E-state index is 0.0112. The molecule has 0 aromatic heterocycles. The van der Waals surface area contributed by atoms with Gasteiger partial charge >= 0.3 is 11.8 Å². The number of hydrogen-bond acceptors (Lipinski definition) is 14. The predicted molar refractivity (Wildman–Crippen MR) is 256 cm³/mol. The minimum Gasteiger partial charge on any atom is -0.460 e. The number of allylic oxidation sites excluding steroid dienone is 6. The van der Waals surface area contributed by atoms with Crippen molar-refractivity contribution in [2.75, 3.05) is 41.1 Å². The maximum Gasteiger partial charge on any atom is 0.329 e. The van der Waals surface area contributed by atoms with Crippen LogP contribution in [-0.4, -0.2) is 145 Å². The molecule has 3 N–H and O–H groups in total. The number of esters is 1. The molecular formula is C53H83NO14. The average Bonchev–Trinajstić information content (AvgIpc) is 3.43. The SMILES string of the molecule is COC1CC2CCC(C)C(=O)C(O)(O2)C(=O)N2CCCCC2C(=O)OC(C(C)CC2CCC(OCCO)C(OC)C2)CC(=O)C(C)C=C(C)C(O)C(OC)C(=O)C(C)CC(C)C=CC=CC=C1C. The van der Waals surface area contributed by atoms with Crippen LogP contribution in [0.4, 0.5) is 0 Å². The number of cyclic esters (lactones) is 1. The second kappa shape index (κ2) is 27.3. The number of nitrogens with zero attached hydrogens (tertiary/aromatic N) is 1. The van der Waals surface area contributed by atoms with Gasteiger partial charge in [0.25, 0.3) is 5.91 Å². The van der Waals surface area contributed by atoms with Crippen molar-refractivity contribution in [3.8, 4) is 0 Å². The third-order valence-electron chi connectivity index (χ3n) is 14.8. The fourth-order valence-corrected chi connectivity index (χ4v) is 10.5. The van der Waals surface area contributed by atoms with Crippen LogP contribution < -0.4 is 0 Å². The summed E-state index contributed by atoms with van der Waals surface area (Å²) in [6.07, 6.45) is 11.5. The summed E-state index contributed by atoms with van der Waals surface area (Å²) in [7, 11) is 4.57. The van der Waals surface area contributed by atoms with Crippen molar-refractivity contribution in [3.63, 3.8) is 0 Å². The van der Waals surface area contributed by atoms with Crippen molar-refractivity contribution in [2.24, 2.45) is 35.5 Å². The summed E-state index contributed by atoms with van der Waals surface area (Å²) in [6.45, 7) is 12.8. The van der Waals surface area contributed by atoms with Gasteiger partial charge in [-0.1, -0.05) is 71.1 Å². The molecule has 15 nitrogen and oxygen atoms in total. The number of fused-ring (bicyclic) bond motifs is 3. The number of aliphatic hydroxyl groups is 3. The fourth-order valence-electron chi connectivity index (χ4n) is 10.5. The largest absolute Gasteiger partial charge is 0.460 e. The third kappa shape index (κ3) is 15.3. The van der Waals surface area contributed by atoms with Gasteiger partial charge < -0.3 is 48.6 Å². The number of hydrogen-bond donors (Lipinski definition) is 3. The van der Waals surface area contributed by atoms with Crippen LogP contribution in [0.5, 0.6) is 0 Å². The van der Waals surface area contributed by atoms with Gasteiger partial charge in [0.05, 0.1) is 37.6 Å². The molecule has 4 rings (SSSR count). The highest BCUT2D eigenvalue weighted by Crippen LogP contribution is 2.37. The van der Waals surface area contributed by atoms with Crippen molar-refractivity contribution in [1.29, 1.82) is 0 Å². The van der Waals surface area contributed by atoms with Crippen LogP contribution in [0.1, 0.15) is 126 Å². The van der Waals surface area contributed by atoms with Gasteiger partial charge in [0, 0.05) is 58.5 Å². The lowest BCUT2D eigenvalue weighted by molar-refractivity contribution is -0.231. The molecule has 3 heterocycles. The Kier molecular flexibility index (Phi) is 22.9. The molecular weight excluding hydrogens is 875 g/mol. The first kappa shape index (κ1) is 57.2. The molecule has 3 fully saturated rings. The molecule has 0 aromatic carbocycles. The van der Waals surface area contributed by atoms with E-state index in [-0.39, 0.29) is 80.5 Å². The van der Waals surface area contributed by atoms with Crippen LogP contribution in [0.15, 0.2) is 47.6 Å². The van der Waals surface area contributed by atoms with Gasteiger partial charge in [-0.3, -0.25) is 19.2 Å². The molecule has 15 atom stereocenters.